The lowest BCUT2D eigenvalue weighted by Gasteiger charge is -2.43. The summed E-state index contributed by atoms with van der Waals surface area (Å²) in [5.41, 5.74) is 0.919. The van der Waals surface area contributed by atoms with Crippen molar-refractivity contribution < 1.29 is 14.6 Å². The smallest absolute Gasteiger partial charge is 0.253 e. The molecule has 1 aliphatic rings. The van der Waals surface area contributed by atoms with Crippen molar-refractivity contribution in [2.45, 2.75) is 25.4 Å². The second-order valence-corrected chi connectivity index (χ2v) is 6.53. The number of benzene rings is 1. The molecule has 0 saturated carbocycles. The zero-order chi connectivity index (χ0) is 16.4. The zero-order valence-corrected chi connectivity index (χ0v) is 13.7. The monoisotopic (exact) mass is 316 g/mol. The molecule has 0 radical (unpaired) electrons. The highest BCUT2D eigenvalue weighted by molar-refractivity contribution is 5.98. The number of nitrogens with one attached hydrogen (secondary N) is 1. The number of likely N-dealkylation sites (tertiary alicyclic amines) is 1. The molecule has 2 heterocycles. The lowest BCUT2D eigenvalue weighted by Crippen LogP contribution is -2.52. The Morgan fingerprint density at radius 1 is 1.48 bits per heavy atom. The minimum Gasteiger partial charge on any atom is -0.389 e. The molecule has 124 valence electrons. The van der Waals surface area contributed by atoms with Gasteiger partial charge in [0.25, 0.3) is 5.91 Å². The Morgan fingerprint density at radius 2 is 2.30 bits per heavy atom. The number of carbonyl (C=O) groups is 1. The summed E-state index contributed by atoms with van der Waals surface area (Å²) in [6.45, 7) is 3.69. The van der Waals surface area contributed by atoms with Gasteiger partial charge in [0, 0.05) is 50.0 Å². The molecular weight excluding hydrogens is 292 g/mol. The first kappa shape index (κ1) is 16.0. The molecule has 0 spiro atoms. The molecule has 1 aromatic carbocycles. The SMILES string of the molecule is COCC[C@@]1(O)CCN(C(=O)c2ccc3cc[nH]c3c2)C[C@@H]1C. The number of methoxy groups -OCH3 is 1. The Hall–Kier alpha value is -1.85. The summed E-state index contributed by atoms with van der Waals surface area (Å²) in [5, 5.41) is 11.8. The fourth-order valence-electron chi connectivity index (χ4n) is 3.36. The van der Waals surface area contributed by atoms with E-state index in [9.17, 15) is 9.90 Å². The van der Waals surface area contributed by atoms with Gasteiger partial charge in [-0.25, -0.2) is 0 Å². The van der Waals surface area contributed by atoms with Crippen molar-refractivity contribution in [3.05, 3.63) is 36.0 Å². The Morgan fingerprint density at radius 3 is 3.04 bits per heavy atom. The van der Waals surface area contributed by atoms with Crippen LogP contribution in [0.4, 0.5) is 0 Å². The van der Waals surface area contributed by atoms with E-state index in [-0.39, 0.29) is 11.8 Å². The molecule has 5 nitrogen and oxygen atoms in total. The third kappa shape index (κ3) is 3.12. The van der Waals surface area contributed by atoms with Crippen molar-refractivity contribution in [2.75, 3.05) is 26.8 Å². The van der Waals surface area contributed by atoms with Gasteiger partial charge in [-0.05, 0) is 36.4 Å². The lowest BCUT2D eigenvalue weighted by atomic mass is 9.79. The van der Waals surface area contributed by atoms with Crippen molar-refractivity contribution in [3.63, 3.8) is 0 Å². The normalized spacial score (nSPS) is 25.0. The van der Waals surface area contributed by atoms with E-state index in [0.29, 0.717) is 38.1 Å². The van der Waals surface area contributed by atoms with Crippen LogP contribution in [0.25, 0.3) is 10.9 Å². The number of hydrogen-bond acceptors (Lipinski definition) is 3. The Bertz CT molecular complexity index is 696. The van der Waals surface area contributed by atoms with Crippen molar-refractivity contribution in [1.29, 1.82) is 0 Å². The molecule has 1 fully saturated rings. The molecule has 2 atom stereocenters. The van der Waals surface area contributed by atoms with E-state index < -0.39 is 5.60 Å². The van der Waals surface area contributed by atoms with E-state index in [4.69, 9.17) is 4.74 Å². The van der Waals surface area contributed by atoms with Gasteiger partial charge in [-0.3, -0.25) is 4.79 Å². The highest BCUT2D eigenvalue weighted by Gasteiger charge is 2.39. The molecule has 0 aliphatic carbocycles. The number of ether oxygens (including phenoxy) is 1. The minimum atomic E-state index is -0.740. The van der Waals surface area contributed by atoms with Crippen molar-refractivity contribution in [1.82, 2.24) is 9.88 Å². The third-order valence-electron chi connectivity index (χ3n) is 5.05. The van der Waals surface area contributed by atoms with Crippen LogP contribution in [0.2, 0.25) is 0 Å². The van der Waals surface area contributed by atoms with Crippen LogP contribution in [0.1, 0.15) is 30.1 Å². The third-order valence-corrected chi connectivity index (χ3v) is 5.05. The molecule has 2 aromatic rings. The van der Waals surface area contributed by atoms with E-state index in [1.165, 1.54) is 0 Å². The predicted molar refractivity (Wildman–Crippen MR) is 89.4 cm³/mol. The van der Waals surface area contributed by atoms with Crippen molar-refractivity contribution in [2.24, 2.45) is 5.92 Å². The number of piperidine rings is 1. The van der Waals surface area contributed by atoms with Crippen LogP contribution < -0.4 is 0 Å². The molecule has 1 amide bonds. The molecule has 0 bridgehead atoms. The summed E-state index contributed by atoms with van der Waals surface area (Å²) < 4.78 is 5.09. The Kier molecular flexibility index (Phi) is 4.41. The maximum Gasteiger partial charge on any atom is 0.253 e. The number of hydrogen-bond donors (Lipinski definition) is 2. The molecule has 1 aliphatic heterocycles. The van der Waals surface area contributed by atoms with E-state index in [0.717, 1.165) is 10.9 Å². The fraction of sp³-hybridized carbons (Fsp3) is 0.500. The van der Waals surface area contributed by atoms with Crippen LogP contribution in [0.3, 0.4) is 0 Å². The average Bonchev–Trinajstić information content (AvgIpc) is 3.02. The van der Waals surface area contributed by atoms with E-state index in [1.54, 1.807) is 7.11 Å². The summed E-state index contributed by atoms with van der Waals surface area (Å²) in [7, 11) is 1.64. The van der Waals surface area contributed by atoms with Gasteiger partial charge in [0.05, 0.1) is 5.60 Å². The van der Waals surface area contributed by atoms with Crippen LogP contribution in [-0.4, -0.2) is 53.3 Å². The molecule has 23 heavy (non-hydrogen) atoms. The van der Waals surface area contributed by atoms with Crippen molar-refractivity contribution >= 4 is 16.8 Å². The molecule has 1 saturated heterocycles. The summed E-state index contributed by atoms with van der Waals surface area (Å²) in [4.78, 5) is 17.7. The highest BCUT2D eigenvalue weighted by Crippen LogP contribution is 2.31. The molecule has 2 N–H and O–H groups in total. The van der Waals surface area contributed by atoms with Crippen LogP contribution in [0, 0.1) is 5.92 Å². The number of carbonyl (C=O) groups excluding carboxylic acids is 1. The molecular formula is C18H24N2O3. The van der Waals surface area contributed by atoms with Gasteiger partial charge in [0.15, 0.2) is 0 Å². The molecule has 0 unspecified atom stereocenters. The largest absolute Gasteiger partial charge is 0.389 e. The first-order chi connectivity index (χ1) is 11.0. The topological polar surface area (TPSA) is 65.6 Å². The second-order valence-electron chi connectivity index (χ2n) is 6.53. The number of rotatable bonds is 4. The molecule has 1 aromatic heterocycles. The predicted octanol–water partition coefficient (Wildman–Crippen LogP) is 2.42. The summed E-state index contributed by atoms with van der Waals surface area (Å²) in [6, 6.07) is 7.72. The zero-order valence-electron chi connectivity index (χ0n) is 13.7. The Balaban J connectivity index is 1.71. The Labute approximate surface area is 136 Å². The van der Waals surface area contributed by atoms with Gasteiger partial charge in [-0.2, -0.15) is 0 Å². The quantitative estimate of drug-likeness (QED) is 0.910. The van der Waals surface area contributed by atoms with E-state index in [2.05, 4.69) is 4.98 Å². The summed E-state index contributed by atoms with van der Waals surface area (Å²) in [6.07, 6.45) is 3.08. The first-order valence-electron chi connectivity index (χ1n) is 8.11. The van der Waals surface area contributed by atoms with Gasteiger partial charge < -0.3 is 19.7 Å². The summed E-state index contributed by atoms with van der Waals surface area (Å²) >= 11 is 0. The van der Waals surface area contributed by atoms with Crippen LogP contribution >= 0.6 is 0 Å². The number of amides is 1. The number of aliphatic hydroxyl groups is 1. The van der Waals surface area contributed by atoms with Gasteiger partial charge in [-0.1, -0.05) is 13.0 Å². The standard InChI is InChI=1S/C18H24N2O3/c1-13-12-20(9-6-18(13,22)7-10-23-2)17(21)15-4-3-14-5-8-19-16(14)11-15/h3-5,8,11,13,19,22H,6-7,9-10,12H2,1-2H3/t13-,18-/m0/s1. The van der Waals surface area contributed by atoms with Crippen molar-refractivity contribution in [3.8, 4) is 0 Å². The fourth-order valence-corrected chi connectivity index (χ4v) is 3.36. The number of nitrogens with zero attached hydrogens (tertiary/aromatic N) is 1. The van der Waals surface area contributed by atoms with Crippen LogP contribution in [0.15, 0.2) is 30.5 Å². The average molecular weight is 316 g/mol. The maximum atomic E-state index is 12.7. The van der Waals surface area contributed by atoms with Crippen LogP contribution in [0.5, 0.6) is 0 Å². The van der Waals surface area contributed by atoms with E-state index in [1.807, 2.05) is 42.3 Å². The second kappa shape index (κ2) is 6.34. The molecule has 3 rings (SSSR count). The molecule has 5 heteroatoms. The van der Waals surface area contributed by atoms with Gasteiger partial charge >= 0.3 is 0 Å². The van der Waals surface area contributed by atoms with Gasteiger partial charge in [-0.15, -0.1) is 0 Å². The number of aromatic amines is 1. The maximum absolute atomic E-state index is 12.7. The minimum absolute atomic E-state index is 0.0298. The number of fused-ring (bicyclic) bond motifs is 1. The first-order valence-corrected chi connectivity index (χ1v) is 8.11. The lowest BCUT2D eigenvalue weighted by molar-refractivity contribution is -0.0750. The number of H-pyrrole nitrogens is 1. The summed E-state index contributed by atoms with van der Waals surface area (Å²) in [5.74, 6) is 0.0618. The highest BCUT2D eigenvalue weighted by atomic mass is 16.5. The van der Waals surface area contributed by atoms with E-state index >= 15 is 0 Å². The van der Waals surface area contributed by atoms with Crippen LogP contribution in [-0.2, 0) is 4.74 Å². The number of aromatic nitrogens is 1. The van der Waals surface area contributed by atoms with Gasteiger partial charge in [0.2, 0.25) is 0 Å². The van der Waals surface area contributed by atoms with Gasteiger partial charge in [0.1, 0.15) is 0 Å².